The lowest BCUT2D eigenvalue weighted by Crippen LogP contribution is -2.47. The van der Waals surface area contributed by atoms with E-state index in [1.807, 2.05) is 17.5 Å². The topological polar surface area (TPSA) is 38.3 Å². The molecule has 70 valence electrons. The first-order valence-electron chi connectivity index (χ1n) is 4.26. The molecule has 2 rings (SSSR count). The van der Waals surface area contributed by atoms with Gasteiger partial charge in [0.05, 0.1) is 5.92 Å². The van der Waals surface area contributed by atoms with Crippen molar-refractivity contribution in [3.63, 3.8) is 0 Å². The van der Waals surface area contributed by atoms with Crippen molar-refractivity contribution in [2.45, 2.75) is 6.61 Å². The lowest BCUT2D eigenvalue weighted by Gasteiger charge is -2.24. The van der Waals surface area contributed by atoms with Gasteiger partial charge in [-0.1, -0.05) is 6.07 Å². The monoisotopic (exact) mass is 197 g/mol. The fraction of sp³-hybridized carbons (Fsp3) is 0.444. The van der Waals surface area contributed by atoms with Gasteiger partial charge in [-0.25, -0.2) is 0 Å². The second-order valence-electron chi connectivity index (χ2n) is 3.04. The maximum absolute atomic E-state index is 11.3. The van der Waals surface area contributed by atoms with Crippen LogP contribution in [-0.2, 0) is 16.1 Å². The van der Waals surface area contributed by atoms with Gasteiger partial charge in [-0.15, -0.1) is 11.3 Å². The van der Waals surface area contributed by atoms with Crippen molar-refractivity contribution in [3.05, 3.63) is 22.4 Å². The molecule has 0 spiro atoms. The third kappa shape index (κ3) is 2.08. The molecule has 0 amide bonds. The van der Waals surface area contributed by atoms with Crippen LogP contribution >= 0.6 is 11.3 Å². The van der Waals surface area contributed by atoms with E-state index in [0.29, 0.717) is 6.61 Å². The number of esters is 1. The van der Waals surface area contributed by atoms with Gasteiger partial charge in [0, 0.05) is 18.0 Å². The van der Waals surface area contributed by atoms with Crippen molar-refractivity contribution in [1.29, 1.82) is 0 Å². The Bertz CT molecular complexity index is 280. The Morgan fingerprint density at radius 1 is 1.69 bits per heavy atom. The van der Waals surface area contributed by atoms with Crippen LogP contribution in [0.3, 0.4) is 0 Å². The van der Waals surface area contributed by atoms with Crippen LogP contribution in [-0.4, -0.2) is 19.1 Å². The molecule has 0 saturated carbocycles. The fourth-order valence-corrected chi connectivity index (χ4v) is 1.73. The lowest BCUT2D eigenvalue weighted by atomic mass is 10.0. The summed E-state index contributed by atoms with van der Waals surface area (Å²) in [6.07, 6.45) is 0. The van der Waals surface area contributed by atoms with Crippen molar-refractivity contribution >= 4 is 17.3 Å². The highest BCUT2D eigenvalue weighted by Gasteiger charge is 2.26. The molecule has 0 unspecified atom stereocenters. The summed E-state index contributed by atoms with van der Waals surface area (Å²) in [6.45, 7) is 1.96. The van der Waals surface area contributed by atoms with Crippen molar-refractivity contribution in [2.24, 2.45) is 5.92 Å². The molecule has 1 aromatic heterocycles. The predicted molar refractivity (Wildman–Crippen MR) is 50.5 cm³/mol. The molecule has 0 radical (unpaired) electrons. The zero-order valence-electron chi connectivity index (χ0n) is 7.16. The number of hydrogen-bond donors (Lipinski definition) is 1. The SMILES string of the molecule is O=C(OCc1cccs1)C1CNC1. The van der Waals surface area contributed by atoms with Crippen LogP contribution in [0.25, 0.3) is 0 Å². The average Bonchev–Trinajstić information content (AvgIpc) is 2.49. The van der Waals surface area contributed by atoms with Gasteiger partial charge >= 0.3 is 5.97 Å². The van der Waals surface area contributed by atoms with E-state index in [1.165, 1.54) is 0 Å². The number of nitrogens with one attached hydrogen (secondary N) is 1. The first-order valence-corrected chi connectivity index (χ1v) is 5.14. The van der Waals surface area contributed by atoms with Gasteiger partial charge in [0.2, 0.25) is 0 Å². The quantitative estimate of drug-likeness (QED) is 0.735. The minimum Gasteiger partial charge on any atom is -0.460 e. The molecule has 13 heavy (non-hydrogen) atoms. The molecule has 0 bridgehead atoms. The molecule has 1 aromatic rings. The first-order chi connectivity index (χ1) is 6.36. The smallest absolute Gasteiger partial charge is 0.311 e. The van der Waals surface area contributed by atoms with Crippen LogP contribution in [0.4, 0.5) is 0 Å². The molecule has 1 saturated heterocycles. The predicted octanol–water partition coefficient (Wildman–Crippen LogP) is 1.01. The summed E-state index contributed by atoms with van der Waals surface area (Å²) < 4.78 is 5.12. The van der Waals surface area contributed by atoms with Gasteiger partial charge in [-0.05, 0) is 11.4 Å². The molecule has 0 atom stereocenters. The summed E-state index contributed by atoms with van der Waals surface area (Å²) in [5.74, 6) is 0.00659. The van der Waals surface area contributed by atoms with Gasteiger partial charge in [0.15, 0.2) is 0 Å². The minimum atomic E-state index is -0.0767. The van der Waals surface area contributed by atoms with Crippen molar-refractivity contribution < 1.29 is 9.53 Å². The number of hydrogen-bond acceptors (Lipinski definition) is 4. The molecule has 1 N–H and O–H groups in total. The maximum atomic E-state index is 11.3. The molecule has 0 aliphatic carbocycles. The van der Waals surface area contributed by atoms with Crippen LogP contribution in [0, 0.1) is 5.92 Å². The molecular weight excluding hydrogens is 186 g/mol. The number of thiophene rings is 1. The molecule has 4 heteroatoms. The normalized spacial score (nSPS) is 16.6. The van der Waals surface area contributed by atoms with Gasteiger partial charge in [0.1, 0.15) is 6.61 Å². The van der Waals surface area contributed by atoms with E-state index in [0.717, 1.165) is 18.0 Å². The summed E-state index contributed by atoms with van der Waals surface area (Å²) in [5.41, 5.74) is 0. The van der Waals surface area contributed by atoms with E-state index in [9.17, 15) is 4.79 Å². The largest absolute Gasteiger partial charge is 0.460 e. The van der Waals surface area contributed by atoms with E-state index < -0.39 is 0 Å². The van der Waals surface area contributed by atoms with Gasteiger partial charge in [-0.3, -0.25) is 4.79 Å². The Hall–Kier alpha value is -0.870. The summed E-state index contributed by atoms with van der Waals surface area (Å²) in [5, 5.41) is 5.02. The number of rotatable bonds is 3. The highest BCUT2D eigenvalue weighted by molar-refractivity contribution is 7.09. The first kappa shape index (κ1) is 8.72. The summed E-state index contributed by atoms with van der Waals surface area (Å²) in [6, 6.07) is 3.93. The van der Waals surface area contributed by atoms with E-state index in [4.69, 9.17) is 4.74 Å². The third-order valence-electron chi connectivity index (χ3n) is 2.05. The number of carbonyl (C=O) groups is 1. The highest BCUT2D eigenvalue weighted by Crippen LogP contribution is 2.12. The number of ether oxygens (including phenoxy) is 1. The average molecular weight is 197 g/mol. The second kappa shape index (κ2) is 3.89. The molecule has 2 heterocycles. The van der Waals surface area contributed by atoms with E-state index in [2.05, 4.69) is 5.32 Å². The van der Waals surface area contributed by atoms with Gasteiger partial charge in [0.25, 0.3) is 0 Å². The Morgan fingerprint density at radius 3 is 3.08 bits per heavy atom. The molecular formula is C9H11NO2S. The summed E-state index contributed by atoms with van der Waals surface area (Å²) in [7, 11) is 0. The zero-order valence-corrected chi connectivity index (χ0v) is 7.97. The Labute approximate surface area is 80.7 Å². The molecule has 0 aromatic carbocycles. The van der Waals surface area contributed by atoms with Crippen molar-refractivity contribution in [2.75, 3.05) is 13.1 Å². The standard InChI is InChI=1S/C9H11NO2S/c11-9(7-4-10-5-7)12-6-8-2-1-3-13-8/h1-3,7,10H,4-6H2. The van der Waals surface area contributed by atoms with Crippen molar-refractivity contribution in [3.8, 4) is 0 Å². The van der Waals surface area contributed by atoms with E-state index in [-0.39, 0.29) is 11.9 Å². The van der Waals surface area contributed by atoms with Crippen LogP contribution in [0.15, 0.2) is 17.5 Å². The van der Waals surface area contributed by atoms with Crippen LogP contribution in [0.1, 0.15) is 4.88 Å². The summed E-state index contributed by atoms with van der Waals surface area (Å²) in [4.78, 5) is 12.4. The Morgan fingerprint density at radius 2 is 2.54 bits per heavy atom. The Kier molecular flexibility index (Phi) is 2.61. The highest BCUT2D eigenvalue weighted by atomic mass is 32.1. The molecule has 1 aliphatic heterocycles. The Balaban J connectivity index is 1.76. The molecule has 1 aliphatic rings. The molecule has 3 nitrogen and oxygen atoms in total. The second-order valence-corrected chi connectivity index (χ2v) is 4.07. The lowest BCUT2D eigenvalue weighted by molar-refractivity contribution is -0.151. The van der Waals surface area contributed by atoms with Crippen molar-refractivity contribution in [1.82, 2.24) is 5.32 Å². The van der Waals surface area contributed by atoms with E-state index >= 15 is 0 Å². The summed E-state index contributed by atoms with van der Waals surface area (Å²) >= 11 is 1.61. The van der Waals surface area contributed by atoms with E-state index in [1.54, 1.807) is 11.3 Å². The van der Waals surface area contributed by atoms with Crippen LogP contribution < -0.4 is 5.32 Å². The van der Waals surface area contributed by atoms with Gasteiger partial charge in [-0.2, -0.15) is 0 Å². The number of carbonyl (C=O) groups excluding carboxylic acids is 1. The fourth-order valence-electron chi connectivity index (χ4n) is 1.11. The van der Waals surface area contributed by atoms with Crippen LogP contribution in [0.5, 0.6) is 0 Å². The maximum Gasteiger partial charge on any atom is 0.311 e. The van der Waals surface area contributed by atoms with Gasteiger partial charge < -0.3 is 10.1 Å². The minimum absolute atomic E-state index is 0.0767. The molecule has 1 fully saturated rings. The van der Waals surface area contributed by atoms with Crippen LogP contribution in [0.2, 0.25) is 0 Å². The third-order valence-corrected chi connectivity index (χ3v) is 2.90. The zero-order chi connectivity index (χ0) is 9.10.